The number of methoxy groups -OCH3 is 1. The van der Waals surface area contributed by atoms with E-state index in [1.807, 2.05) is 0 Å². The van der Waals surface area contributed by atoms with Crippen molar-refractivity contribution in [1.82, 2.24) is 9.47 Å². The van der Waals surface area contributed by atoms with Crippen LogP contribution in [0.4, 0.5) is 28.9 Å². The third kappa shape index (κ3) is 10.5. The molecule has 3 atom stereocenters. The van der Waals surface area contributed by atoms with Gasteiger partial charge in [-0.05, 0) is 42.7 Å². The molecular formula is C32H37F4N5O7S. The molecule has 1 aliphatic heterocycles. The van der Waals surface area contributed by atoms with Crippen molar-refractivity contribution in [2.45, 2.75) is 56.2 Å². The van der Waals surface area contributed by atoms with Crippen LogP contribution in [0.3, 0.4) is 0 Å². The largest absolute Gasteiger partial charge is 0.495 e. The summed E-state index contributed by atoms with van der Waals surface area (Å²) in [4.78, 5) is 24.3. The second-order valence-electron chi connectivity index (χ2n) is 11.4. The fraction of sp³-hybridized carbons (Fsp3) is 0.438. The number of likely N-dealkylation sites (tertiary alicyclic amines) is 1. The number of halogens is 4. The molecule has 2 heterocycles. The number of esters is 2. The van der Waals surface area contributed by atoms with Gasteiger partial charge in [0.1, 0.15) is 31.2 Å². The van der Waals surface area contributed by atoms with Gasteiger partial charge in [-0.3, -0.25) is 14.5 Å². The van der Waals surface area contributed by atoms with Gasteiger partial charge >= 0.3 is 18.1 Å². The van der Waals surface area contributed by atoms with E-state index in [0.29, 0.717) is 29.7 Å². The molecule has 49 heavy (non-hydrogen) atoms. The number of nitrogens with zero attached hydrogens (tertiary/aromatic N) is 2. The van der Waals surface area contributed by atoms with Gasteiger partial charge in [0.15, 0.2) is 0 Å². The molecule has 4 rings (SSSR count). The van der Waals surface area contributed by atoms with E-state index in [1.165, 1.54) is 51.3 Å². The first-order chi connectivity index (χ1) is 23.0. The van der Waals surface area contributed by atoms with Gasteiger partial charge in [-0.25, -0.2) is 17.9 Å². The minimum Gasteiger partial charge on any atom is -0.495 e. The molecule has 0 unspecified atom stereocenters. The van der Waals surface area contributed by atoms with Crippen molar-refractivity contribution < 1.29 is 49.8 Å². The van der Waals surface area contributed by atoms with E-state index in [0.717, 1.165) is 4.57 Å². The van der Waals surface area contributed by atoms with E-state index in [2.05, 4.69) is 22.5 Å². The Kier molecular flexibility index (Phi) is 12.0. The lowest BCUT2D eigenvalue weighted by Gasteiger charge is -2.36. The van der Waals surface area contributed by atoms with Gasteiger partial charge in [-0.15, -0.1) is 0 Å². The Morgan fingerprint density at radius 2 is 1.88 bits per heavy atom. The molecule has 4 N–H and O–H groups in total. The van der Waals surface area contributed by atoms with Crippen molar-refractivity contribution in [3.05, 3.63) is 48.2 Å². The molecule has 1 aromatic heterocycles. The number of carbonyl (C=O) groups excluding carboxylic acids is 2. The van der Waals surface area contributed by atoms with Crippen LogP contribution in [0.2, 0.25) is 0 Å². The van der Waals surface area contributed by atoms with Crippen molar-refractivity contribution in [1.29, 1.82) is 0 Å². The van der Waals surface area contributed by atoms with Gasteiger partial charge in [-0.1, -0.05) is 12.0 Å². The van der Waals surface area contributed by atoms with Crippen LogP contribution in [0.5, 0.6) is 5.75 Å². The average Bonchev–Trinajstić information content (AvgIpc) is 3.35. The van der Waals surface area contributed by atoms with Gasteiger partial charge in [0.2, 0.25) is 10.0 Å². The average molecular weight is 712 g/mol. The molecule has 0 spiro atoms. The maximum absolute atomic E-state index is 15.5. The van der Waals surface area contributed by atoms with Crippen LogP contribution in [-0.4, -0.2) is 94.2 Å². The summed E-state index contributed by atoms with van der Waals surface area (Å²) in [6.45, 7) is 1.52. The molecule has 1 saturated heterocycles. The first-order valence-corrected chi connectivity index (χ1v) is 16.6. The van der Waals surface area contributed by atoms with Crippen LogP contribution in [0.25, 0.3) is 10.9 Å². The summed E-state index contributed by atoms with van der Waals surface area (Å²) in [5.74, 6) is 4.66. The van der Waals surface area contributed by atoms with Crippen LogP contribution in [0, 0.1) is 11.8 Å². The third-order valence-corrected chi connectivity index (χ3v) is 8.51. The Hall–Kier alpha value is -4.53. The van der Waals surface area contributed by atoms with Crippen molar-refractivity contribution >= 4 is 44.2 Å². The summed E-state index contributed by atoms with van der Waals surface area (Å²) in [6, 6.07) is 9.56. The van der Waals surface area contributed by atoms with E-state index in [4.69, 9.17) is 19.3 Å². The van der Waals surface area contributed by atoms with Crippen molar-refractivity contribution in [2.24, 2.45) is 5.14 Å². The number of benzene rings is 2. The third-order valence-electron chi connectivity index (χ3n) is 7.60. The smallest absolute Gasteiger partial charge is 0.406 e. The number of aromatic nitrogens is 1. The Labute approximate surface area is 280 Å². The van der Waals surface area contributed by atoms with Crippen LogP contribution in [0.15, 0.2) is 47.4 Å². The first kappa shape index (κ1) is 37.3. The number of nitrogens with two attached hydrogens (primary N) is 1. The molecule has 0 bridgehead atoms. The minimum absolute atomic E-state index is 0.0141. The normalized spacial score (nSPS) is 17.5. The van der Waals surface area contributed by atoms with Crippen molar-refractivity contribution in [3.8, 4) is 17.6 Å². The Morgan fingerprint density at radius 1 is 1.12 bits per heavy atom. The second kappa shape index (κ2) is 15.8. The summed E-state index contributed by atoms with van der Waals surface area (Å²) in [7, 11) is -2.63. The fourth-order valence-electron chi connectivity index (χ4n) is 5.49. The number of alkyl halides is 4. The molecule has 1 aliphatic rings. The number of sulfonamides is 1. The number of primary sulfonamides is 1. The second-order valence-corrected chi connectivity index (χ2v) is 12.9. The molecule has 0 aliphatic carbocycles. The van der Waals surface area contributed by atoms with Crippen molar-refractivity contribution in [2.75, 3.05) is 50.5 Å². The molecule has 17 heteroatoms. The van der Waals surface area contributed by atoms with Crippen molar-refractivity contribution in [3.63, 3.8) is 0 Å². The lowest BCUT2D eigenvalue weighted by atomic mass is 10.0. The maximum atomic E-state index is 15.5. The number of fused-ring (bicyclic) bond motifs is 1. The lowest BCUT2D eigenvalue weighted by molar-refractivity contribution is -0.157. The number of carbonyl (C=O) groups is 2. The van der Waals surface area contributed by atoms with E-state index in [-0.39, 0.29) is 48.1 Å². The predicted octanol–water partition coefficient (Wildman–Crippen LogP) is 3.64. The highest BCUT2D eigenvalue weighted by atomic mass is 32.2. The zero-order valence-electron chi connectivity index (χ0n) is 27.0. The number of nitrogens with one attached hydrogen (secondary N) is 2. The highest BCUT2D eigenvalue weighted by Gasteiger charge is 2.33. The summed E-state index contributed by atoms with van der Waals surface area (Å²) in [5.41, 5.74) is 1.16. The van der Waals surface area contributed by atoms with Crippen LogP contribution in [-0.2, 0) is 35.6 Å². The number of piperidine rings is 1. The van der Waals surface area contributed by atoms with E-state index >= 15 is 4.39 Å². The molecule has 1 fully saturated rings. The summed E-state index contributed by atoms with van der Waals surface area (Å²) < 4.78 is 96.2. The van der Waals surface area contributed by atoms with Gasteiger partial charge in [0.05, 0.1) is 41.5 Å². The van der Waals surface area contributed by atoms with E-state index in [9.17, 15) is 31.2 Å². The van der Waals surface area contributed by atoms with Crippen LogP contribution >= 0.6 is 0 Å². The zero-order chi connectivity index (χ0) is 35.9. The quantitative estimate of drug-likeness (QED) is 0.144. The molecule has 0 saturated carbocycles. The van der Waals surface area contributed by atoms with Gasteiger partial charge in [0, 0.05) is 50.6 Å². The highest BCUT2D eigenvalue weighted by molar-refractivity contribution is 7.89. The Morgan fingerprint density at radius 3 is 2.51 bits per heavy atom. The SMILES string of the molecule is COc1cc(S(N)(=O)=O)ccc1NCC#Cc1cc2c(N[C@H]3CCN(C[C@H](COC(C)=O)OC(C)=O)C[C@H]3F)cccc2n1CC(F)(F)F. The molecule has 2 aromatic carbocycles. The molecule has 0 amide bonds. The Bertz CT molecular complexity index is 1840. The van der Waals surface area contributed by atoms with E-state index < -0.39 is 53.0 Å². The predicted molar refractivity (Wildman–Crippen MR) is 173 cm³/mol. The number of ether oxygens (including phenoxy) is 3. The maximum Gasteiger partial charge on any atom is 0.406 e. The lowest BCUT2D eigenvalue weighted by Crippen LogP contribution is -2.50. The molecular weight excluding hydrogens is 674 g/mol. The van der Waals surface area contributed by atoms with Gasteiger partial charge in [-0.2, -0.15) is 13.2 Å². The molecule has 266 valence electrons. The zero-order valence-corrected chi connectivity index (χ0v) is 27.8. The van der Waals surface area contributed by atoms with Gasteiger partial charge in [0.25, 0.3) is 0 Å². The first-order valence-electron chi connectivity index (χ1n) is 15.1. The minimum atomic E-state index is -4.56. The number of hydrogen-bond acceptors (Lipinski definition) is 10. The number of hydrogen-bond donors (Lipinski definition) is 3. The fourth-order valence-corrected chi connectivity index (χ4v) is 6.01. The summed E-state index contributed by atoms with van der Waals surface area (Å²) in [6.07, 6.45) is -6.37. The molecule has 0 radical (unpaired) electrons. The van der Waals surface area contributed by atoms with Crippen LogP contribution < -0.4 is 20.5 Å². The summed E-state index contributed by atoms with van der Waals surface area (Å²) >= 11 is 0. The molecule has 3 aromatic rings. The van der Waals surface area contributed by atoms with Gasteiger partial charge < -0.3 is 29.4 Å². The summed E-state index contributed by atoms with van der Waals surface area (Å²) in [5, 5.41) is 11.7. The topological polar surface area (TPSA) is 154 Å². The molecule has 12 nitrogen and oxygen atoms in total. The Balaban J connectivity index is 1.51. The van der Waals surface area contributed by atoms with E-state index in [1.54, 1.807) is 17.0 Å². The standard InChI is InChI=1S/C32H37F4N5O7S/c1-20(42)47-18-23(48-21(2)43)16-40-13-11-28(26(33)17-40)39-27-7-4-8-30-25(27)14-22(41(30)19-32(34,35)36)6-5-12-38-29-10-9-24(49(37,44)45)15-31(29)46-3/h4,7-10,14-15,23,26,28,38-39H,11-13,16-19H2,1-3H3,(H2,37,44,45)/t23-,26-,28+/m1/s1. The highest BCUT2D eigenvalue weighted by Crippen LogP contribution is 2.32. The van der Waals surface area contributed by atoms with Crippen LogP contribution in [0.1, 0.15) is 26.0 Å². The number of rotatable bonds is 12. The monoisotopic (exact) mass is 711 g/mol. The number of anilines is 2.